The minimum Gasteiger partial charge on any atom is -0.497 e. The average Bonchev–Trinajstić information content (AvgIpc) is 2.61. The fourth-order valence-corrected chi connectivity index (χ4v) is 3.03. The molecular formula is C17H26N4O4. The maximum absolute atomic E-state index is 12.2. The maximum atomic E-state index is 12.2. The Bertz CT molecular complexity index is 596. The SMILES string of the molecule is COc1cccc(CN2CCN(C(=O)CNC(N)=O)C[C@@H]2CCO)c1. The van der Waals surface area contributed by atoms with Crippen LogP contribution in [0.25, 0.3) is 0 Å². The molecule has 1 heterocycles. The Kier molecular flexibility index (Phi) is 7.03. The van der Waals surface area contributed by atoms with Crippen LogP contribution in [0.2, 0.25) is 0 Å². The molecule has 8 heteroatoms. The molecule has 0 aromatic heterocycles. The Morgan fingerprint density at radius 2 is 2.20 bits per heavy atom. The molecule has 8 nitrogen and oxygen atoms in total. The highest BCUT2D eigenvalue weighted by Gasteiger charge is 2.29. The highest BCUT2D eigenvalue weighted by atomic mass is 16.5. The monoisotopic (exact) mass is 350 g/mol. The number of methoxy groups -OCH3 is 1. The number of carbonyl (C=O) groups is 2. The van der Waals surface area contributed by atoms with Crippen molar-refractivity contribution < 1.29 is 19.4 Å². The quantitative estimate of drug-likeness (QED) is 0.629. The van der Waals surface area contributed by atoms with Crippen LogP contribution in [0.3, 0.4) is 0 Å². The van der Waals surface area contributed by atoms with Gasteiger partial charge in [-0.1, -0.05) is 12.1 Å². The average molecular weight is 350 g/mol. The number of urea groups is 1. The van der Waals surface area contributed by atoms with Crippen LogP contribution in [-0.2, 0) is 11.3 Å². The molecule has 25 heavy (non-hydrogen) atoms. The molecule has 1 aliphatic heterocycles. The van der Waals surface area contributed by atoms with E-state index in [4.69, 9.17) is 10.5 Å². The molecule has 138 valence electrons. The third-order valence-electron chi connectivity index (χ3n) is 4.35. The van der Waals surface area contributed by atoms with Crippen molar-refractivity contribution in [3.8, 4) is 5.75 Å². The first-order chi connectivity index (χ1) is 12.0. The number of nitrogens with two attached hydrogens (primary N) is 1. The van der Waals surface area contributed by atoms with Crippen LogP contribution >= 0.6 is 0 Å². The molecule has 1 atom stereocenters. The Morgan fingerprint density at radius 1 is 1.40 bits per heavy atom. The zero-order valence-corrected chi connectivity index (χ0v) is 14.5. The lowest BCUT2D eigenvalue weighted by molar-refractivity contribution is -0.133. The highest BCUT2D eigenvalue weighted by molar-refractivity contribution is 5.83. The van der Waals surface area contributed by atoms with Crippen molar-refractivity contribution in [3.63, 3.8) is 0 Å². The summed E-state index contributed by atoms with van der Waals surface area (Å²) in [5, 5.41) is 11.7. The molecule has 0 saturated carbocycles. The molecular weight excluding hydrogens is 324 g/mol. The number of carbonyl (C=O) groups excluding carboxylic acids is 2. The third-order valence-corrected chi connectivity index (χ3v) is 4.35. The van der Waals surface area contributed by atoms with E-state index in [0.29, 0.717) is 26.1 Å². The van der Waals surface area contributed by atoms with Gasteiger partial charge in [0, 0.05) is 38.8 Å². The lowest BCUT2D eigenvalue weighted by Gasteiger charge is -2.41. The number of benzene rings is 1. The molecule has 0 bridgehead atoms. The van der Waals surface area contributed by atoms with Gasteiger partial charge in [0.15, 0.2) is 0 Å². The van der Waals surface area contributed by atoms with Crippen LogP contribution in [0.15, 0.2) is 24.3 Å². The summed E-state index contributed by atoms with van der Waals surface area (Å²) in [5.74, 6) is 0.644. The number of nitrogens with zero attached hydrogens (tertiary/aromatic N) is 2. The minimum absolute atomic E-state index is 0.0564. The van der Waals surface area contributed by atoms with Crippen LogP contribution in [-0.4, -0.2) is 72.8 Å². The van der Waals surface area contributed by atoms with Crippen LogP contribution < -0.4 is 15.8 Å². The summed E-state index contributed by atoms with van der Waals surface area (Å²) >= 11 is 0. The highest BCUT2D eigenvalue weighted by Crippen LogP contribution is 2.19. The lowest BCUT2D eigenvalue weighted by atomic mass is 10.1. The van der Waals surface area contributed by atoms with Crippen molar-refractivity contribution in [1.82, 2.24) is 15.1 Å². The van der Waals surface area contributed by atoms with Gasteiger partial charge in [-0.25, -0.2) is 4.79 Å². The van der Waals surface area contributed by atoms with Gasteiger partial charge in [-0.15, -0.1) is 0 Å². The van der Waals surface area contributed by atoms with Gasteiger partial charge in [0.05, 0.1) is 13.7 Å². The van der Waals surface area contributed by atoms with Crippen molar-refractivity contribution in [1.29, 1.82) is 0 Å². The Balaban J connectivity index is 1.98. The predicted molar refractivity (Wildman–Crippen MR) is 93.1 cm³/mol. The number of hydrogen-bond acceptors (Lipinski definition) is 5. The van der Waals surface area contributed by atoms with E-state index in [0.717, 1.165) is 17.9 Å². The minimum atomic E-state index is -0.711. The van der Waals surface area contributed by atoms with Crippen LogP contribution in [0.5, 0.6) is 5.75 Å². The number of piperazine rings is 1. The normalized spacial score (nSPS) is 18.0. The van der Waals surface area contributed by atoms with Gasteiger partial charge in [-0.05, 0) is 24.1 Å². The molecule has 1 aromatic rings. The number of rotatable bonds is 7. The van der Waals surface area contributed by atoms with Gasteiger partial charge in [0.1, 0.15) is 5.75 Å². The number of aliphatic hydroxyl groups is 1. The summed E-state index contributed by atoms with van der Waals surface area (Å²) in [6.45, 7) is 2.47. The molecule has 1 saturated heterocycles. The maximum Gasteiger partial charge on any atom is 0.312 e. The molecule has 1 aromatic carbocycles. The Morgan fingerprint density at radius 3 is 2.88 bits per heavy atom. The van der Waals surface area contributed by atoms with Gasteiger partial charge in [0.25, 0.3) is 0 Å². The topological polar surface area (TPSA) is 108 Å². The number of aliphatic hydroxyl groups excluding tert-OH is 1. The number of hydrogen-bond donors (Lipinski definition) is 3. The first-order valence-electron chi connectivity index (χ1n) is 8.32. The molecule has 0 unspecified atom stereocenters. The number of primary amides is 1. The predicted octanol–water partition coefficient (Wildman–Crippen LogP) is -0.241. The zero-order valence-electron chi connectivity index (χ0n) is 14.5. The van der Waals surface area contributed by atoms with Crippen LogP contribution in [0.4, 0.5) is 4.79 Å². The molecule has 0 radical (unpaired) electrons. The molecule has 0 spiro atoms. The van der Waals surface area contributed by atoms with E-state index in [1.807, 2.05) is 24.3 Å². The second-order valence-corrected chi connectivity index (χ2v) is 6.05. The van der Waals surface area contributed by atoms with Gasteiger partial charge >= 0.3 is 6.03 Å². The fraction of sp³-hybridized carbons (Fsp3) is 0.529. The molecule has 4 N–H and O–H groups in total. The van der Waals surface area contributed by atoms with Crippen molar-refractivity contribution in [2.75, 3.05) is 39.9 Å². The second kappa shape index (κ2) is 9.24. The van der Waals surface area contributed by atoms with E-state index in [1.165, 1.54) is 0 Å². The van der Waals surface area contributed by atoms with E-state index in [1.54, 1.807) is 12.0 Å². The lowest BCUT2D eigenvalue weighted by Crippen LogP contribution is -2.56. The largest absolute Gasteiger partial charge is 0.497 e. The molecule has 2 rings (SSSR count). The summed E-state index contributed by atoms with van der Waals surface area (Å²) < 4.78 is 5.26. The summed E-state index contributed by atoms with van der Waals surface area (Å²) in [6, 6.07) is 7.22. The van der Waals surface area contributed by atoms with Crippen LogP contribution in [0, 0.1) is 0 Å². The van der Waals surface area contributed by atoms with Gasteiger partial charge in [0.2, 0.25) is 5.91 Å². The van der Waals surface area contributed by atoms with Gasteiger partial charge in [-0.2, -0.15) is 0 Å². The molecule has 1 aliphatic rings. The van der Waals surface area contributed by atoms with E-state index < -0.39 is 6.03 Å². The number of amides is 3. The summed E-state index contributed by atoms with van der Waals surface area (Å²) in [4.78, 5) is 26.9. The Labute approximate surface area is 147 Å². The number of nitrogens with one attached hydrogen (secondary N) is 1. The number of ether oxygens (including phenoxy) is 1. The summed E-state index contributed by atoms with van der Waals surface area (Å²) in [5.41, 5.74) is 6.13. The van der Waals surface area contributed by atoms with Crippen molar-refractivity contribution >= 4 is 11.9 Å². The Hall–Kier alpha value is -2.32. The van der Waals surface area contributed by atoms with Crippen molar-refractivity contribution in [2.45, 2.75) is 19.0 Å². The molecule has 1 fully saturated rings. The molecule has 0 aliphatic carbocycles. The standard InChI is InChI=1S/C17H26N4O4/c1-25-15-4-2-3-13(9-15)11-20-6-7-21(12-14(20)5-8-22)16(23)10-19-17(18)24/h2-4,9,14,22H,5-8,10-12H2,1H3,(H3,18,19,24)/t14-/m0/s1. The summed E-state index contributed by atoms with van der Waals surface area (Å²) in [6.07, 6.45) is 0.580. The van der Waals surface area contributed by atoms with Gasteiger partial charge in [-0.3, -0.25) is 9.69 Å². The van der Waals surface area contributed by atoms with Crippen molar-refractivity contribution in [3.05, 3.63) is 29.8 Å². The molecule has 3 amide bonds. The fourth-order valence-electron chi connectivity index (χ4n) is 3.03. The first kappa shape index (κ1) is 19.0. The summed E-state index contributed by atoms with van der Waals surface area (Å²) in [7, 11) is 1.64. The van der Waals surface area contributed by atoms with E-state index in [9.17, 15) is 14.7 Å². The first-order valence-corrected chi connectivity index (χ1v) is 8.32. The van der Waals surface area contributed by atoms with Gasteiger partial charge < -0.3 is 25.8 Å². The van der Waals surface area contributed by atoms with E-state index >= 15 is 0 Å². The smallest absolute Gasteiger partial charge is 0.312 e. The van der Waals surface area contributed by atoms with Crippen molar-refractivity contribution in [2.24, 2.45) is 5.73 Å². The van der Waals surface area contributed by atoms with E-state index in [2.05, 4.69) is 10.2 Å². The van der Waals surface area contributed by atoms with E-state index in [-0.39, 0.29) is 25.1 Å². The van der Waals surface area contributed by atoms with Crippen LogP contribution in [0.1, 0.15) is 12.0 Å². The second-order valence-electron chi connectivity index (χ2n) is 6.05. The third kappa shape index (κ3) is 5.61. The zero-order chi connectivity index (χ0) is 18.2.